The smallest absolute Gasteiger partial charge is 0.223 e. The third-order valence-electron chi connectivity index (χ3n) is 2.72. The number of nitrogens with zero attached hydrogens (tertiary/aromatic N) is 1. The second-order valence-corrected chi connectivity index (χ2v) is 4.38. The number of hydrogen-bond acceptors (Lipinski definition) is 2. The molecular weight excluding hydrogens is 214 g/mol. The van der Waals surface area contributed by atoms with E-state index in [4.69, 9.17) is 16.3 Å². The van der Waals surface area contributed by atoms with E-state index >= 15 is 0 Å². The summed E-state index contributed by atoms with van der Waals surface area (Å²) in [6, 6.07) is 0. The van der Waals surface area contributed by atoms with Crippen molar-refractivity contribution in [3.8, 4) is 0 Å². The Bertz CT molecular complexity index is 199. The van der Waals surface area contributed by atoms with Crippen molar-refractivity contribution >= 4 is 17.5 Å². The second-order valence-electron chi connectivity index (χ2n) is 4.00. The van der Waals surface area contributed by atoms with E-state index in [2.05, 4.69) is 6.92 Å². The van der Waals surface area contributed by atoms with Gasteiger partial charge in [-0.1, -0.05) is 13.3 Å². The lowest BCUT2D eigenvalue weighted by molar-refractivity contribution is -0.128. The van der Waals surface area contributed by atoms with Crippen molar-refractivity contribution in [3.05, 3.63) is 0 Å². The Labute approximate surface area is 96.7 Å². The Kier molecular flexibility index (Phi) is 6.03. The largest absolute Gasteiger partial charge is 0.378 e. The Balaban J connectivity index is 2.16. The maximum atomic E-state index is 11.6. The van der Waals surface area contributed by atoms with E-state index in [-0.39, 0.29) is 5.91 Å². The van der Waals surface area contributed by atoms with Crippen LogP contribution in [0.4, 0.5) is 0 Å². The fraction of sp³-hybridized carbons (Fsp3) is 0.909. The Morgan fingerprint density at radius 2 is 2.33 bits per heavy atom. The fourth-order valence-electron chi connectivity index (χ4n) is 2.00. The SMILES string of the molecule is CCCC1CC(=O)N(CCOCCCl)C1. The van der Waals surface area contributed by atoms with Gasteiger partial charge in [-0.3, -0.25) is 4.79 Å². The van der Waals surface area contributed by atoms with Gasteiger partial charge in [0.25, 0.3) is 0 Å². The summed E-state index contributed by atoms with van der Waals surface area (Å²) in [5.41, 5.74) is 0. The van der Waals surface area contributed by atoms with Crippen molar-refractivity contribution in [1.29, 1.82) is 0 Å². The first-order chi connectivity index (χ1) is 7.27. The molecule has 0 aromatic carbocycles. The molecule has 0 saturated carbocycles. The van der Waals surface area contributed by atoms with Crippen LogP contribution in [-0.2, 0) is 9.53 Å². The molecule has 4 heteroatoms. The molecule has 15 heavy (non-hydrogen) atoms. The van der Waals surface area contributed by atoms with Crippen LogP contribution in [-0.4, -0.2) is 43.0 Å². The fourth-order valence-corrected chi connectivity index (χ4v) is 2.11. The molecule has 1 aliphatic heterocycles. The molecule has 0 N–H and O–H groups in total. The maximum Gasteiger partial charge on any atom is 0.223 e. The minimum atomic E-state index is 0.280. The molecule has 88 valence electrons. The summed E-state index contributed by atoms with van der Waals surface area (Å²) in [5, 5.41) is 0. The van der Waals surface area contributed by atoms with Gasteiger partial charge in [-0.2, -0.15) is 0 Å². The summed E-state index contributed by atoms with van der Waals surface area (Å²) in [7, 11) is 0. The molecule has 0 aliphatic carbocycles. The van der Waals surface area contributed by atoms with Crippen LogP contribution in [0, 0.1) is 5.92 Å². The maximum absolute atomic E-state index is 11.6. The van der Waals surface area contributed by atoms with Gasteiger partial charge in [0.15, 0.2) is 0 Å². The monoisotopic (exact) mass is 233 g/mol. The quantitative estimate of drug-likeness (QED) is 0.497. The van der Waals surface area contributed by atoms with E-state index in [1.54, 1.807) is 0 Å². The number of carbonyl (C=O) groups is 1. The van der Waals surface area contributed by atoms with Crippen LogP contribution in [0.3, 0.4) is 0 Å². The third-order valence-corrected chi connectivity index (χ3v) is 2.87. The van der Waals surface area contributed by atoms with Gasteiger partial charge in [0.05, 0.1) is 13.2 Å². The van der Waals surface area contributed by atoms with Crippen molar-refractivity contribution in [1.82, 2.24) is 4.90 Å². The van der Waals surface area contributed by atoms with Gasteiger partial charge in [0, 0.05) is 25.4 Å². The van der Waals surface area contributed by atoms with E-state index in [9.17, 15) is 4.79 Å². The highest BCUT2D eigenvalue weighted by Gasteiger charge is 2.28. The molecule has 1 rings (SSSR count). The lowest BCUT2D eigenvalue weighted by Gasteiger charge is -2.16. The number of hydrogen-bond donors (Lipinski definition) is 0. The zero-order valence-corrected chi connectivity index (χ0v) is 10.1. The van der Waals surface area contributed by atoms with Gasteiger partial charge < -0.3 is 9.64 Å². The van der Waals surface area contributed by atoms with E-state index in [0.717, 1.165) is 32.4 Å². The summed E-state index contributed by atoms with van der Waals surface area (Å²) in [6.07, 6.45) is 3.04. The van der Waals surface area contributed by atoms with Gasteiger partial charge in [0.2, 0.25) is 5.91 Å². The highest BCUT2D eigenvalue weighted by molar-refractivity contribution is 6.17. The summed E-state index contributed by atoms with van der Waals surface area (Å²) < 4.78 is 5.26. The lowest BCUT2D eigenvalue weighted by atomic mass is 10.0. The van der Waals surface area contributed by atoms with E-state index in [1.807, 2.05) is 4.90 Å². The first-order valence-corrected chi connectivity index (χ1v) is 6.22. The first kappa shape index (κ1) is 12.8. The van der Waals surface area contributed by atoms with Crippen LogP contribution >= 0.6 is 11.6 Å². The average Bonchev–Trinajstić information content (AvgIpc) is 2.55. The predicted octanol–water partition coefficient (Wildman–Crippen LogP) is 1.89. The highest BCUT2D eigenvalue weighted by atomic mass is 35.5. The summed E-state index contributed by atoms with van der Waals surface area (Å²) >= 11 is 5.48. The summed E-state index contributed by atoms with van der Waals surface area (Å²) in [5.74, 6) is 1.37. The zero-order valence-electron chi connectivity index (χ0n) is 9.38. The number of alkyl halides is 1. The highest BCUT2D eigenvalue weighted by Crippen LogP contribution is 2.21. The molecule has 1 aliphatic rings. The standard InChI is InChI=1S/C11H20ClNO2/c1-2-3-10-8-11(14)13(9-10)5-7-15-6-4-12/h10H,2-9H2,1H3. The van der Waals surface area contributed by atoms with Gasteiger partial charge >= 0.3 is 0 Å². The Hall–Kier alpha value is -0.280. The number of carbonyl (C=O) groups excluding carboxylic acids is 1. The molecule has 1 amide bonds. The third kappa shape index (κ3) is 4.39. The molecular formula is C11H20ClNO2. The van der Waals surface area contributed by atoms with E-state index < -0.39 is 0 Å². The second kappa shape index (κ2) is 7.07. The van der Waals surface area contributed by atoms with Crippen molar-refractivity contribution in [3.63, 3.8) is 0 Å². The topological polar surface area (TPSA) is 29.5 Å². The molecule has 0 radical (unpaired) electrons. The van der Waals surface area contributed by atoms with E-state index in [0.29, 0.717) is 25.0 Å². The molecule has 1 atom stereocenters. The lowest BCUT2D eigenvalue weighted by Crippen LogP contribution is -2.29. The van der Waals surface area contributed by atoms with Gasteiger partial charge in [-0.05, 0) is 12.3 Å². The number of rotatable bonds is 7. The Morgan fingerprint density at radius 1 is 1.53 bits per heavy atom. The number of ether oxygens (including phenoxy) is 1. The van der Waals surface area contributed by atoms with Crippen LogP contribution in [0.1, 0.15) is 26.2 Å². The number of likely N-dealkylation sites (tertiary alicyclic amines) is 1. The van der Waals surface area contributed by atoms with E-state index in [1.165, 1.54) is 0 Å². The first-order valence-electron chi connectivity index (χ1n) is 5.69. The summed E-state index contributed by atoms with van der Waals surface area (Å²) in [4.78, 5) is 13.5. The predicted molar refractivity (Wildman–Crippen MR) is 61.1 cm³/mol. The van der Waals surface area contributed by atoms with Crippen LogP contribution in [0.15, 0.2) is 0 Å². The van der Waals surface area contributed by atoms with Gasteiger partial charge in [0.1, 0.15) is 0 Å². The van der Waals surface area contributed by atoms with Crippen LogP contribution < -0.4 is 0 Å². The molecule has 1 saturated heterocycles. The Morgan fingerprint density at radius 3 is 3.00 bits per heavy atom. The molecule has 1 fully saturated rings. The van der Waals surface area contributed by atoms with Crippen molar-refractivity contribution < 1.29 is 9.53 Å². The zero-order chi connectivity index (χ0) is 11.1. The average molecular weight is 234 g/mol. The minimum Gasteiger partial charge on any atom is -0.378 e. The molecule has 1 unspecified atom stereocenters. The normalized spacial score (nSPS) is 21.3. The van der Waals surface area contributed by atoms with Gasteiger partial charge in [-0.25, -0.2) is 0 Å². The van der Waals surface area contributed by atoms with Crippen molar-refractivity contribution in [2.45, 2.75) is 26.2 Å². The number of halogens is 1. The van der Waals surface area contributed by atoms with Crippen molar-refractivity contribution in [2.75, 3.05) is 32.2 Å². The van der Waals surface area contributed by atoms with Crippen LogP contribution in [0.25, 0.3) is 0 Å². The molecule has 3 nitrogen and oxygen atoms in total. The molecule has 0 aromatic rings. The van der Waals surface area contributed by atoms with Crippen molar-refractivity contribution in [2.24, 2.45) is 5.92 Å². The number of amides is 1. The van der Waals surface area contributed by atoms with Gasteiger partial charge in [-0.15, -0.1) is 11.6 Å². The van der Waals surface area contributed by atoms with Crippen LogP contribution in [0.5, 0.6) is 0 Å². The molecule has 0 bridgehead atoms. The molecule has 0 aromatic heterocycles. The summed E-state index contributed by atoms with van der Waals surface area (Å²) in [6.45, 7) is 4.98. The molecule has 1 heterocycles. The molecule has 0 spiro atoms. The van der Waals surface area contributed by atoms with Crippen LogP contribution in [0.2, 0.25) is 0 Å². The minimum absolute atomic E-state index is 0.280.